The van der Waals surface area contributed by atoms with Crippen LogP contribution in [0, 0.1) is 0 Å². The molecule has 31 heavy (non-hydrogen) atoms. The van der Waals surface area contributed by atoms with E-state index in [0.717, 1.165) is 38.1 Å². The van der Waals surface area contributed by atoms with E-state index in [-0.39, 0.29) is 5.75 Å². The van der Waals surface area contributed by atoms with Crippen molar-refractivity contribution < 1.29 is 28.8 Å². The molecule has 0 radical (unpaired) electrons. The summed E-state index contributed by atoms with van der Waals surface area (Å²) in [5.41, 5.74) is 1.85. The number of nitrogens with one attached hydrogen (secondary N) is 2. The molecule has 7 nitrogen and oxygen atoms in total. The minimum absolute atomic E-state index is 0.173. The summed E-state index contributed by atoms with van der Waals surface area (Å²) in [4.78, 5) is 15.9. The van der Waals surface area contributed by atoms with Crippen LogP contribution in [0.4, 0.5) is 0 Å². The molecule has 0 bridgehead atoms. The Morgan fingerprint density at radius 3 is 2.35 bits per heavy atom. The maximum Gasteiger partial charge on any atom is 0.344 e. The molecular formula is C24H30N2O5+2. The fraction of sp³-hybridized carbons (Fsp3) is 0.375. The third kappa shape index (κ3) is 4.24. The topological polar surface area (TPSA) is 77.8 Å². The number of piperazine rings is 1. The van der Waals surface area contributed by atoms with Crippen molar-refractivity contribution >= 4 is 11.0 Å². The Morgan fingerprint density at radius 1 is 0.968 bits per heavy atom. The summed E-state index contributed by atoms with van der Waals surface area (Å²) in [6.07, 6.45) is 0. The molecule has 1 saturated heterocycles. The van der Waals surface area contributed by atoms with Crippen molar-refractivity contribution in [3.05, 3.63) is 52.4 Å². The van der Waals surface area contributed by atoms with Gasteiger partial charge < -0.3 is 28.8 Å². The molecule has 3 N–H and O–H groups in total. The third-order valence-corrected chi connectivity index (χ3v) is 6.27. The second-order valence-electron chi connectivity index (χ2n) is 8.03. The average molecular weight is 427 g/mol. The highest BCUT2D eigenvalue weighted by atomic mass is 16.5. The van der Waals surface area contributed by atoms with Crippen LogP contribution in [0.3, 0.4) is 0 Å². The number of rotatable bonds is 6. The highest BCUT2D eigenvalue weighted by molar-refractivity contribution is 5.86. The summed E-state index contributed by atoms with van der Waals surface area (Å²) in [5, 5.41) is 11.3. The van der Waals surface area contributed by atoms with E-state index in [2.05, 4.69) is 6.92 Å². The van der Waals surface area contributed by atoms with Gasteiger partial charge >= 0.3 is 5.63 Å². The largest absolute Gasteiger partial charge is 0.507 e. The quantitative estimate of drug-likeness (QED) is 0.500. The van der Waals surface area contributed by atoms with Crippen molar-refractivity contribution in [1.29, 1.82) is 0 Å². The number of quaternary nitrogens is 2. The van der Waals surface area contributed by atoms with E-state index in [1.165, 1.54) is 4.90 Å². The second-order valence-corrected chi connectivity index (χ2v) is 8.03. The van der Waals surface area contributed by atoms with E-state index in [1.54, 1.807) is 49.5 Å². The molecule has 0 amide bonds. The molecule has 0 unspecified atom stereocenters. The van der Waals surface area contributed by atoms with Gasteiger partial charge in [-0.15, -0.1) is 0 Å². The minimum Gasteiger partial charge on any atom is -0.507 e. The van der Waals surface area contributed by atoms with Crippen molar-refractivity contribution in [2.75, 3.05) is 46.9 Å². The van der Waals surface area contributed by atoms with E-state index in [1.807, 2.05) is 6.07 Å². The first-order valence-electron chi connectivity index (χ1n) is 10.7. The van der Waals surface area contributed by atoms with Crippen molar-refractivity contribution in [3.63, 3.8) is 0 Å². The minimum atomic E-state index is -0.443. The van der Waals surface area contributed by atoms with Gasteiger partial charge in [-0.25, -0.2) is 4.79 Å². The van der Waals surface area contributed by atoms with Crippen molar-refractivity contribution in [2.24, 2.45) is 0 Å². The molecule has 1 fully saturated rings. The van der Waals surface area contributed by atoms with Crippen LogP contribution in [0.5, 0.6) is 17.2 Å². The Labute approximate surface area is 181 Å². The number of likely N-dealkylation sites (N-methyl/N-ethyl adjacent to an activating group) is 1. The SMILES string of the molecule is CC[NH+]1CC[NH+](Cc2c(O)ccc3cc(-c4ccc(OC)c(OC)c4)c(=O)oc23)CC1. The Kier molecular flexibility index (Phi) is 6.15. The average Bonchev–Trinajstić information content (AvgIpc) is 2.80. The summed E-state index contributed by atoms with van der Waals surface area (Å²) in [6.45, 7) is 8.29. The maximum atomic E-state index is 12.9. The molecular weight excluding hydrogens is 396 g/mol. The number of hydrogen-bond donors (Lipinski definition) is 3. The summed E-state index contributed by atoms with van der Waals surface area (Å²) >= 11 is 0. The Bertz CT molecular complexity index is 1130. The van der Waals surface area contributed by atoms with Crippen LogP contribution in [0.25, 0.3) is 22.1 Å². The van der Waals surface area contributed by atoms with E-state index >= 15 is 0 Å². The molecule has 0 aliphatic carbocycles. The Balaban J connectivity index is 1.71. The first-order chi connectivity index (χ1) is 15.0. The van der Waals surface area contributed by atoms with Gasteiger partial charge in [-0.1, -0.05) is 6.07 Å². The number of fused-ring (bicyclic) bond motifs is 1. The van der Waals surface area contributed by atoms with Crippen LogP contribution in [0.1, 0.15) is 12.5 Å². The number of phenolic OH excluding ortho intramolecular Hbond substituents is 1. The summed E-state index contributed by atoms with van der Waals surface area (Å²) < 4.78 is 16.4. The maximum absolute atomic E-state index is 12.9. The monoisotopic (exact) mass is 426 g/mol. The van der Waals surface area contributed by atoms with Gasteiger partial charge in [-0.3, -0.25) is 0 Å². The lowest BCUT2D eigenvalue weighted by molar-refractivity contribution is -1.02. The van der Waals surface area contributed by atoms with Crippen molar-refractivity contribution in [3.8, 4) is 28.4 Å². The number of ether oxygens (including phenoxy) is 2. The van der Waals surface area contributed by atoms with Gasteiger partial charge in [0, 0.05) is 5.39 Å². The third-order valence-electron chi connectivity index (χ3n) is 6.27. The fourth-order valence-electron chi connectivity index (χ4n) is 4.35. The molecule has 0 spiro atoms. The summed E-state index contributed by atoms with van der Waals surface area (Å²) in [5.74, 6) is 1.31. The molecule has 1 aromatic heterocycles. The number of phenols is 1. The number of benzene rings is 2. The number of hydrogen-bond acceptors (Lipinski definition) is 5. The Hall–Kier alpha value is -3.03. The summed E-state index contributed by atoms with van der Waals surface area (Å²) in [7, 11) is 3.13. The van der Waals surface area contributed by atoms with Gasteiger partial charge in [0.1, 0.15) is 38.5 Å². The van der Waals surface area contributed by atoms with Gasteiger partial charge in [0.15, 0.2) is 17.1 Å². The van der Waals surface area contributed by atoms with E-state index < -0.39 is 5.63 Å². The zero-order valence-electron chi connectivity index (χ0n) is 18.3. The summed E-state index contributed by atoms with van der Waals surface area (Å²) in [6, 6.07) is 10.6. The molecule has 4 rings (SSSR count). The molecule has 2 heterocycles. The van der Waals surface area contributed by atoms with Crippen molar-refractivity contribution in [1.82, 2.24) is 0 Å². The first kappa shape index (κ1) is 21.2. The van der Waals surface area contributed by atoms with Gasteiger partial charge in [0.2, 0.25) is 0 Å². The van der Waals surface area contributed by atoms with Gasteiger partial charge in [0.05, 0.1) is 31.9 Å². The second kappa shape index (κ2) is 8.99. The normalized spacial score (nSPS) is 18.8. The molecule has 164 valence electrons. The van der Waals surface area contributed by atoms with Crippen LogP contribution < -0.4 is 24.9 Å². The first-order valence-corrected chi connectivity index (χ1v) is 10.7. The van der Waals surface area contributed by atoms with Crippen LogP contribution in [0.15, 0.2) is 45.6 Å². The standard InChI is InChI=1S/C24H28N2O5/c1-4-25-9-11-26(12-10-25)15-19-20(27)7-5-17-13-18(24(28)31-23(17)19)16-6-8-21(29-2)22(14-16)30-3/h5-8,13-14,27H,4,9-12,15H2,1-3H3/p+2. The molecule has 3 aromatic rings. The smallest absolute Gasteiger partial charge is 0.344 e. The van der Waals surface area contributed by atoms with Gasteiger partial charge in [-0.2, -0.15) is 0 Å². The van der Waals surface area contributed by atoms with Crippen LogP contribution in [0.2, 0.25) is 0 Å². The molecule has 1 aliphatic rings. The Morgan fingerprint density at radius 2 is 1.68 bits per heavy atom. The predicted octanol–water partition coefficient (Wildman–Crippen LogP) is 0.486. The molecule has 2 aromatic carbocycles. The zero-order valence-corrected chi connectivity index (χ0v) is 18.3. The highest BCUT2D eigenvalue weighted by Gasteiger charge is 2.24. The van der Waals surface area contributed by atoms with Crippen LogP contribution in [-0.4, -0.2) is 52.0 Å². The molecule has 7 heteroatoms. The fourth-order valence-corrected chi connectivity index (χ4v) is 4.35. The highest BCUT2D eigenvalue weighted by Crippen LogP contribution is 2.33. The number of aromatic hydroxyl groups is 1. The van der Waals surface area contributed by atoms with E-state index in [0.29, 0.717) is 40.3 Å². The van der Waals surface area contributed by atoms with Crippen molar-refractivity contribution in [2.45, 2.75) is 13.5 Å². The van der Waals surface area contributed by atoms with E-state index in [9.17, 15) is 9.90 Å². The number of methoxy groups -OCH3 is 2. The molecule has 1 aliphatic heterocycles. The van der Waals surface area contributed by atoms with Crippen LogP contribution >= 0.6 is 0 Å². The lowest BCUT2D eigenvalue weighted by Crippen LogP contribution is -3.27. The molecule has 0 saturated carbocycles. The zero-order chi connectivity index (χ0) is 22.0. The lowest BCUT2D eigenvalue weighted by Gasteiger charge is -2.29. The van der Waals surface area contributed by atoms with Crippen LogP contribution in [-0.2, 0) is 6.54 Å². The predicted molar refractivity (Wildman–Crippen MR) is 118 cm³/mol. The van der Waals surface area contributed by atoms with Gasteiger partial charge in [0.25, 0.3) is 0 Å². The molecule has 0 atom stereocenters. The van der Waals surface area contributed by atoms with E-state index in [4.69, 9.17) is 13.9 Å². The van der Waals surface area contributed by atoms with Gasteiger partial charge in [-0.05, 0) is 42.8 Å². The lowest BCUT2D eigenvalue weighted by atomic mass is 10.0.